The van der Waals surface area contributed by atoms with Gasteiger partial charge in [-0.1, -0.05) is 29.8 Å². The van der Waals surface area contributed by atoms with Gasteiger partial charge in [-0.2, -0.15) is 0 Å². The number of hydrogen-bond acceptors (Lipinski definition) is 4. The number of carbonyl (C=O) groups excluding carboxylic acids is 2. The summed E-state index contributed by atoms with van der Waals surface area (Å²) >= 11 is 1.54. The van der Waals surface area contributed by atoms with E-state index in [1.165, 1.54) is 4.88 Å². The van der Waals surface area contributed by atoms with Crippen LogP contribution in [0.5, 0.6) is 0 Å². The SMILES string of the molecule is Cc1ccc2c(c1)C(=Nc1sc3c(c1C(=O)Nc1ccccc1)CCCC3)C(=O)N2. The summed E-state index contributed by atoms with van der Waals surface area (Å²) in [6.07, 6.45) is 4.01. The molecule has 1 aliphatic heterocycles. The van der Waals surface area contributed by atoms with Crippen molar-refractivity contribution in [2.45, 2.75) is 32.6 Å². The van der Waals surface area contributed by atoms with Crippen LogP contribution in [-0.4, -0.2) is 17.5 Å². The Kier molecular flexibility index (Phi) is 4.71. The zero-order chi connectivity index (χ0) is 20.7. The number of para-hydroxylation sites is 1. The van der Waals surface area contributed by atoms with Gasteiger partial charge in [0.2, 0.25) is 0 Å². The highest BCUT2D eigenvalue weighted by Gasteiger charge is 2.30. The number of rotatable bonds is 3. The minimum absolute atomic E-state index is 0.164. The van der Waals surface area contributed by atoms with Crippen LogP contribution in [0.4, 0.5) is 16.4 Å². The van der Waals surface area contributed by atoms with E-state index < -0.39 is 0 Å². The highest BCUT2D eigenvalue weighted by molar-refractivity contribution is 7.16. The molecule has 0 spiro atoms. The molecule has 2 N–H and O–H groups in total. The first kappa shape index (κ1) is 18.8. The molecule has 5 nitrogen and oxygen atoms in total. The van der Waals surface area contributed by atoms with E-state index in [-0.39, 0.29) is 11.8 Å². The topological polar surface area (TPSA) is 70.6 Å². The first-order valence-electron chi connectivity index (χ1n) is 10.1. The molecule has 150 valence electrons. The van der Waals surface area contributed by atoms with Crippen molar-refractivity contribution in [1.82, 2.24) is 0 Å². The summed E-state index contributed by atoms with van der Waals surface area (Å²) in [5.41, 5.74) is 5.44. The normalized spacial score (nSPS) is 16.2. The van der Waals surface area contributed by atoms with Crippen LogP contribution >= 0.6 is 11.3 Å². The molecule has 0 atom stereocenters. The van der Waals surface area contributed by atoms with Crippen LogP contribution in [0.1, 0.15) is 44.8 Å². The molecule has 0 saturated carbocycles. The summed E-state index contributed by atoms with van der Waals surface area (Å²) in [7, 11) is 0. The smallest absolute Gasteiger partial charge is 0.275 e. The molecule has 3 aromatic rings. The maximum absolute atomic E-state index is 13.2. The highest BCUT2D eigenvalue weighted by Crippen LogP contribution is 2.41. The lowest BCUT2D eigenvalue weighted by molar-refractivity contribution is -0.110. The Morgan fingerprint density at radius 1 is 1.10 bits per heavy atom. The van der Waals surface area contributed by atoms with E-state index in [0.717, 1.165) is 53.7 Å². The third-order valence-corrected chi connectivity index (χ3v) is 6.70. The largest absolute Gasteiger partial charge is 0.322 e. The molecule has 2 amide bonds. The van der Waals surface area contributed by atoms with Crippen molar-refractivity contribution in [3.8, 4) is 0 Å². The van der Waals surface area contributed by atoms with Gasteiger partial charge in [0.1, 0.15) is 10.7 Å². The average molecular weight is 416 g/mol. The fraction of sp³-hybridized carbons (Fsp3) is 0.208. The summed E-state index contributed by atoms with van der Waals surface area (Å²) in [5, 5.41) is 6.50. The Morgan fingerprint density at radius 2 is 1.90 bits per heavy atom. The van der Waals surface area contributed by atoms with Gasteiger partial charge in [-0.05, 0) is 62.4 Å². The van der Waals surface area contributed by atoms with Gasteiger partial charge in [-0.15, -0.1) is 11.3 Å². The number of nitrogens with zero attached hydrogens (tertiary/aromatic N) is 1. The standard InChI is InChI=1S/C24H21N3O2S/c1-14-11-12-18-17(13-14)21(23(29)26-18)27-24-20(16-9-5-6-10-19(16)30-24)22(28)25-15-7-3-2-4-8-15/h2-4,7-8,11-13H,5-6,9-10H2,1H3,(H,25,28)(H,26,27,29). The van der Waals surface area contributed by atoms with Gasteiger partial charge in [0.25, 0.3) is 11.8 Å². The number of hydrogen-bond donors (Lipinski definition) is 2. The summed E-state index contributed by atoms with van der Waals surface area (Å²) in [6.45, 7) is 1.99. The second kappa shape index (κ2) is 7.54. The van der Waals surface area contributed by atoms with Crippen molar-refractivity contribution in [1.29, 1.82) is 0 Å². The van der Waals surface area contributed by atoms with Gasteiger partial charge in [-0.3, -0.25) is 9.59 Å². The monoisotopic (exact) mass is 415 g/mol. The van der Waals surface area contributed by atoms with Crippen LogP contribution in [0.3, 0.4) is 0 Å². The molecule has 0 unspecified atom stereocenters. The fourth-order valence-electron chi connectivity index (χ4n) is 4.06. The minimum atomic E-state index is -0.226. The Labute approximate surface area is 178 Å². The lowest BCUT2D eigenvalue weighted by Crippen LogP contribution is -2.16. The molecule has 2 aliphatic rings. The number of aliphatic imine (C=N–C) groups is 1. The third-order valence-electron chi connectivity index (χ3n) is 5.52. The zero-order valence-corrected chi connectivity index (χ0v) is 17.4. The summed E-state index contributed by atoms with van der Waals surface area (Å²) in [5.74, 6) is -0.390. The molecule has 5 rings (SSSR count). The van der Waals surface area contributed by atoms with E-state index in [1.54, 1.807) is 11.3 Å². The lowest BCUT2D eigenvalue weighted by atomic mass is 9.95. The van der Waals surface area contributed by atoms with Crippen molar-refractivity contribution in [2.75, 3.05) is 10.6 Å². The molecule has 2 heterocycles. The molecule has 2 aromatic carbocycles. The average Bonchev–Trinajstić information content (AvgIpc) is 3.26. The van der Waals surface area contributed by atoms with Gasteiger partial charge >= 0.3 is 0 Å². The van der Waals surface area contributed by atoms with E-state index in [2.05, 4.69) is 10.6 Å². The quantitative estimate of drug-likeness (QED) is 0.612. The van der Waals surface area contributed by atoms with Crippen LogP contribution in [0, 0.1) is 6.92 Å². The summed E-state index contributed by atoms with van der Waals surface area (Å²) in [6, 6.07) is 15.3. The Morgan fingerprint density at radius 3 is 2.73 bits per heavy atom. The molecule has 6 heteroatoms. The second-order valence-corrected chi connectivity index (χ2v) is 8.76. The predicted octanol–water partition coefficient (Wildman–Crippen LogP) is 5.26. The molecule has 1 aliphatic carbocycles. The van der Waals surface area contributed by atoms with E-state index in [4.69, 9.17) is 4.99 Å². The Balaban J connectivity index is 1.60. The molecule has 0 fully saturated rings. The van der Waals surface area contributed by atoms with E-state index in [9.17, 15) is 9.59 Å². The van der Waals surface area contributed by atoms with Crippen molar-refractivity contribution >= 4 is 45.2 Å². The molecule has 1 aromatic heterocycles. The predicted molar refractivity (Wildman–Crippen MR) is 121 cm³/mol. The molecule has 0 bridgehead atoms. The lowest BCUT2D eigenvalue weighted by Gasteiger charge is -2.12. The van der Waals surface area contributed by atoms with Gasteiger partial charge in [-0.25, -0.2) is 4.99 Å². The first-order valence-corrected chi connectivity index (χ1v) is 10.9. The molecular formula is C24H21N3O2S. The first-order chi connectivity index (χ1) is 14.6. The summed E-state index contributed by atoms with van der Waals surface area (Å²) in [4.78, 5) is 31.8. The third kappa shape index (κ3) is 3.33. The zero-order valence-electron chi connectivity index (χ0n) is 16.6. The maximum Gasteiger partial charge on any atom is 0.275 e. The number of nitrogens with one attached hydrogen (secondary N) is 2. The Hall–Kier alpha value is -3.25. The van der Waals surface area contributed by atoms with Crippen LogP contribution in [0.15, 0.2) is 53.5 Å². The van der Waals surface area contributed by atoms with E-state index in [1.807, 2.05) is 55.5 Å². The molecule has 0 saturated heterocycles. The maximum atomic E-state index is 13.2. The van der Waals surface area contributed by atoms with Crippen LogP contribution in [0.2, 0.25) is 0 Å². The number of aryl methyl sites for hydroxylation is 2. The number of benzene rings is 2. The number of thiophene rings is 1. The van der Waals surface area contributed by atoms with Gasteiger partial charge in [0.15, 0.2) is 0 Å². The van der Waals surface area contributed by atoms with Gasteiger partial charge < -0.3 is 10.6 Å². The number of anilines is 2. The second-order valence-electron chi connectivity index (χ2n) is 7.67. The van der Waals surface area contributed by atoms with Gasteiger partial charge in [0.05, 0.1) is 11.3 Å². The van der Waals surface area contributed by atoms with Crippen LogP contribution < -0.4 is 10.6 Å². The molecule has 0 radical (unpaired) electrons. The van der Waals surface area contributed by atoms with Crippen LogP contribution in [0.25, 0.3) is 0 Å². The van der Waals surface area contributed by atoms with Crippen LogP contribution in [-0.2, 0) is 17.6 Å². The molecule has 30 heavy (non-hydrogen) atoms. The van der Waals surface area contributed by atoms with Crippen molar-refractivity contribution < 1.29 is 9.59 Å². The number of carbonyl (C=O) groups is 2. The van der Waals surface area contributed by atoms with E-state index in [0.29, 0.717) is 16.3 Å². The van der Waals surface area contributed by atoms with Gasteiger partial charge in [0, 0.05) is 16.1 Å². The molecular weight excluding hydrogens is 394 g/mol. The number of fused-ring (bicyclic) bond motifs is 2. The van der Waals surface area contributed by atoms with Crippen molar-refractivity contribution in [2.24, 2.45) is 4.99 Å². The van der Waals surface area contributed by atoms with Crippen molar-refractivity contribution in [3.63, 3.8) is 0 Å². The Bertz CT molecular complexity index is 1190. The fourth-order valence-corrected chi connectivity index (χ4v) is 5.32. The van der Waals surface area contributed by atoms with E-state index >= 15 is 0 Å². The highest BCUT2D eigenvalue weighted by atomic mass is 32.1. The minimum Gasteiger partial charge on any atom is -0.322 e. The van der Waals surface area contributed by atoms with Crippen molar-refractivity contribution in [3.05, 3.63) is 75.7 Å². The summed E-state index contributed by atoms with van der Waals surface area (Å²) < 4.78 is 0. The number of amides is 2.